The Morgan fingerprint density at radius 3 is 2.73 bits per heavy atom. The Kier molecular flexibility index (Phi) is 4.06. The minimum absolute atomic E-state index is 0.275. The van der Waals surface area contributed by atoms with E-state index in [4.69, 9.17) is 5.11 Å². The largest absolute Gasteiger partial charge is 0.395 e. The highest BCUT2D eigenvalue weighted by molar-refractivity contribution is 7.92. The van der Waals surface area contributed by atoms with E-state index < -0.39 is 16.6 Å². The van der Waals surface area contributed by atoms with E-state index in [2.05, 4.69) is 9.71 Å². The van der Waals surface area contributed by atoms with Crippen LogP contribution in [0.3, 0.4) is 0 Å². The van der Waals surface area contributed by atoms with Gasteiger partial charge in [-0.2, -0.15) is 0 Å². The zero-order valence-corrected chi connectivity index (χ0v) is 10.2. The molecule has 0 radical (unpaired) electrons. The molecule has 7 heteroatoms. The molecule has 1 aromatic heterocycles. The summed E-state index contributed by atoms with van der Waals surface area (Å²) in [6.07, 6.45) is 0. The molecule has 0 bridgehead atoms. The molecule has 1 aromatic rings. The molecule has 86 valence electrons. The summed E-state index contributed by atoms with van der Waals surface area (Å²) in [5.41, 5.74) is 0.863. The number of aliphatic hydroxyl groups is 1. The molecule has 0 unspecified atom stereocenters. The number of hydrogen-bond acceptors (Lipinski definition) is 5. The van der Waals surface area contributed by atoms with Crippen LogP contribution in [-0.4, -0.2) is 30.9 Å². The highest BCUT2D eigenvalue weighted by atomic mass is 32.2. The van der Waals surface area contributed by atoms with Crippen LogP contribution >= 0.6 is 11.3 Å². The second-order valence-corrected chi connectivity index (χ2v) is 6.08. The van der Waals surface area contributed by atoms with E-state index >= 15 is 0 Å². The lowest BCUT2D eigenvalue weighted by Gasteiger charge is -2.02. The van der Waals surface area contributed by atoms with E-state index in [1.807, 2.05) is 19.2 Å². The van der Waals surface area contributed by atoms with Gasteiger partial charge in [-0.1, -0.05) is 13.8 Å². The Balaban J connectivity index is 2.73. The van der Waals surface area contributed by atoms with Gasteiger partial charge in [0.2, 0.25) is 10.0 Å². The molecule has 0 saturated carbocycles. The van der Waals surface area contributed by atoms with Crippen LogP contribution < -0.4 is 4.72 Å². The van der Waals surface area contributed by atoms with Crippen molar-refractivity contribution in [2.45, 2.75) is 19.8 Å². The lowest BCUT2D eigenvalue weighted by Crippen LogP contribution is -2.18. The van der Waals surface area contributed by atoms with Crippen LogP contribution in [-0.2, 0) is 10.0 Å². The second-order valence-electron chi connectivity index (χ2n) is 3.38. The highest BCUT2D eigenvalue weighted by Gasteiger charge is 2.12. The molecule has 0 amide bonds. The van der Waals surface area contributed by atoms with E-state index in [1.165, 1.54) is 11.3 Å². The molecular formula is C8H14N2O3S2. The minimum atomic E-state index is -3.45. The molecule has 0 aliphatic rings. The fraction of sp³-hybridized carbons (Fsp3) is 0.625. The van der Waals surface area contributed by atoms with Gasteiger partial charge in [-0.15, -0.1) is 11.3 Å². The number of sulfonamides is 1. The average Bonchev–Trinajstić information content (AvgIpc) is 2.51. The topological polar surface area (TPSA) is 79.3 Å². The van der Waals surface area contributed by atoms with Gasteiger partial charge in [0.1, 0.15) is 0 Å². The number of hydrogen-bond donors (Lipinski definition) is 2. The van der Waals surface area contributed by atoms with Crippen molar-refractivity contribution in [1.82, 2.24) is 4.98 Å². The normalized spacial score (nSPS) is 12.0. The Labute approximate surface area is 93.2 Å². The molecule has 0 aromatic carbocycles. The van der Waals surface area contributed by atoms with Crippen molar-refractivity contribution in [3.05, 3.63) is 11.1 Å². The van der Waals surface area contributed by atoms with Crippen LogP contribution in [0.2, 0.25) is 0 Å². The summed E-state index contributed by atoms with van der Waals surface area (Å²) in [5, 5.41) is 10.7. The van der Waals surface area contributed by atoms with E-state index in [-0.39, 0.29) is 11.7 Å². The van der Waals surface area contributed by atoms with Crippen molar-refractivity contribution in [3.8, 4) is 0 Å². The maximum Gasteiger partial charge on any atom is 0.236 e. The molecule has 0 saturated heterocycles. The maximum atomic E-state index is 11.3. The van der Waals surface area contributed by atoms with Crippen LogP contribution in [0.1, 0.15) is 25.5 Å². The highest BCUT2D eigenvalue weighted by Crippen LogP contribution is 2.22. The third-order valence-electron chi connectivity index (χ3n) is 1.72. The van der Waals surface area contributed by atoms with Gasteiger partial charge in [-0.25, -0.2) is 13.4 Å². The summed E-state index contributed by atoms with van der Waals surface area (Å²) in [6, 6.07) is 0. The van der Waals surface area contributed by atoms with Gasteiger partial charge in [0.25, 0.3) is 0 Å². The minimum Gasteiger partial charge on any atom is -0.395 e. The zero-order valence-electron chi connectivity index (χ0n) is 8.60. The lowest BCUT2D eigenvalue weighted by molar-refractivity contribution is 0.320. The first-order valence-corrected chi connectivity index (χ1v) is 7.04. The molecular weight excluding hydrogens is 236 g/mol. The van der Waals surface area contributed by atoms with Crippen molar-refractivity contribution in [2.24, 2.45) is 0 Å². The van der Waals surface area contributed by atoms with Gasteiger partial charge < -0.3 is 5.11 Å². The van der Waals surface area contributed by atoms with E-state index in [9.17, 15) is 8.42 Å². The van der Waals surface area contributed by atoms with Crippen molar-refractivity contribution in [3.63, 3.8) is 0 Å². The molecule has 2 N–H and O–H groups in total. The SMILES string of the molecule is CC(C)c1csc(NS(=O)(=O)CCO)n1. The molecule has 1 heterocycles. The number of rotatable bonds is 5. The fourth-order valence-electron chi connectivity index (χ4n) is 0.902. The second kappa shape index (κ2) is 4.91. The molecule has 0 aliphatic heterocycles. The Morgan fingerprint density at radius 2 is 2.27 bits per heavy atom. The number of aromatic nitrogens is 1. The molecule has 0 aliphatic carbocycles. The monoisotopic (exact) mass is 250 g/mol. The van der Waals surface area contributed by atoms with Crippen LogP contribution in [0.15, 0.2) is 5.38 Å². The maximum absolute atomic E-state index is 11.3. The fourth-order valence-corrected chi connectivity index (χ4v) is 2.85. The molecule has 5 nitrogen and oxygen atoms in total. The van der Waals surface area contributed by atoms with Crippen molar-refractivity contribution in [1.29, 1.82) is 0 Å². The quantitative estimate of drug-likeness (QED) is 0.817. The van der Waals surface area contributed by atoms with Gasteiger partial charge in [0, 0.05) is 5.38 Å². The number of thiazole rings is 1. The Morgan fingerprint density at radius 1 is 1.60 bits per heavy atom. The van der Waals surface area contributed by atoms with Gasteiger partial charge in [-0.05, 0) is 5.92 Å². The average molecular weight is 250 g/mol. The van der Waals surface area contributed by atoms with Crippen LogP contribution in [0.25, 0.3) is 0 Å². The predicted molar refractivity (Wildman–Crippen MR) is 60.7 cm³/mol. The smallest absolute Gasteiger partial charge is 0.236 e. The third kappa shape index (κ3) is 3.77. The third-order valence-corrected chi connectivity index (χ3v) is 3.85. The first kappa shape index (κ1) is 12.4. The lowest BCUT2D eigenvalue weighted by atomic mass is 10.2. The summed E-state index contributed by atoms with van der Waals surface area (Å²) < 4.78 is 24.9. The molecule has 15 heavy (non-hydrogen) atoms. The van der Waals surface area contributed by atoms with Crippen LogP contribution in [0.4, 0.5) is 5.13 Å². The first-order chi connectivity index (χ1) is 6.94. The number of nitrogens with zero attached hydrogens (tertiary/aromatic N) is 1. The number of aliphatic hydroxyl groups excluding tert-OH is 1. The van der Waals surface area contributed by atoms with Gasteiger partial charge in [0.05, 0.1) is 18.1 Å². The van der Waals surface area contributed by atoms with Crippen LogP contribution in [0.5, 0.6) is 0 Å². The molecule has 0 spiro atoms. The van der Waals surface area contributed by atoms with Gasteiger partial charge in [0.15, 0.2) is 5.13 Å². The Bertz CT molecular complexity index is 411. The summed E-state index contributed by atoms with van der Waals surface area (Å²) in [7, 11) is -3.45. The van der Waals surface area contributed by atoms with Crippen molar-refractivity contribution < 1.29 is 13.5 Å². The number of anilines is 1. The van der Waals surface area contributed by atoms with Gasteiger partial charge in [-0.3, -0.25) is 4.72 Å². The first-order valence-electron chi connectivity index (χ1n) is 4.51. The zero-order chi connectivity index (χ0) is 11.5. The summed E-state index contributed by atoms with van der Waals surface area (Å²) in [4.78, 5) is 4.12. The summed E-state index contributed by atoms with van der Waals surface area (Å²) in [5.74, 6) is -0.0267. The van der Waals surface area contributed by atoms with Crippen molar-refractivity contribution in [2.75, 3.05) is 17.1 Å². The summed E-state index contributed by atoms with van der Waals surface area (Å²) >= 11 is 1.25. The van der Waals surface area contributed by atoms with E-state index in [0.717, 1.165) is 5.69 Å². The van der Waals surface area contributed by atoms with Crippen LogP contribution in [0, 0.1) is 0 Å². The number of nitrogens with one attached hydrogen (secondary N) is 1. The molecule has 0 atom stereocenters. The summed E-state index contributed by atoms with van der Waals surface area (Å²) in [6.45, 7) is 3.58. The molecule has 1 rings (SSSR count). The predicted octanol–water partition coefficient (Wildman–Crippen LogP) is 1.00. The molecule has 0 fully saturated rings. The Hall–Kier alpha value is -0.660. The van der Waals surface area contributed by atoms with Crippen molar-refractivity contribution >= 4 is 26.5 Å². The van der Waals surface area contributed by atoms with E-state index in [1.54, 1.807) is 0 Å². The van der Waals surface area contributed by atoms with Gasteiger partial charge >= 0.3 is 0 Å². The van der Waals surface area contributed by atoms with E-state index in [0.29, 0.717) is 5.13 Å². The standard InChI is InChI=1S/C8H14N2O3S2/c1-6(2)7-5-14-8(9-7)10-15(12,13)4-3-11/h5-6,11H,3-4H2,1-2H3,(H,9,10).